The quantitative estimate of drug-likeness (QED) is 0.813. The molecule has 1 heterocycles. The molecule has 0 aromatic heterocycles. The number of nitrogens with zero attached hydrogens (tertiary/aromatic N) is 1. The number of benzene rings is 1. The molecular weight excluding hydrogens is 279 g/mol. The van der Waals surface area contributed by atoms with Crippen molar-refractivity contribution in [2.24, 2.45) is 0 Å². The van der Waals surface area contributed by atoms with Crippen molar-refractivity contribution in [1.82, 2.24) is 10.2 Å². The van der Waals surface area contributed by atoms with Gasteiger partial charge >= 0.3 is 5.97 Å². The second-order valence-corrected chi connectivity index (χ2v) is 4.77. The van der Waals surface area contributed by atoms with Gasteiger partial charge in [-0.3, -0.25) is 14.5 Å². The summed E-state index contributed by atoms with van der Waals surface area (Å²) in [5.74, 6) is -1.74. The van der Waals surface area contributed by atoms with Crippen molar-refractivity contribution in [2.45, 2.75) is 12.6 Å². The molecule has 114 valence electrons. The first-order valence-electron chi connectivity index (χ1n) is 6.62. The zero-order valence-corrected chi connectivity index (χ0v) is 11.4. The number of carboxylic acids is 1. The number of rotatable bonds is 5. The monoisotopic (exact) mass is 296 g/mol. The molecule has 21 heavy (non-hydrogen) atoms. The van der Waals surface area contributed by atoms with Crippen LogP contribution in [0.2, 0.25) is 0 Å². The standard InChI is InChI=1S/C14H17FN2O4/c15-11-4-2-1-3-10(11)7-16-13(18)8-17-5-6-21-9-12(17)14(19)20/h1-4,12H,5-9H2,(H,16,18)(H,19,20). The Morgan fingerprint density at radius 2 is 2.19 bits per heavy atom. The van der Waals surface area contributed by atoms with Gasteiger partial charge in [0.15, 0.2) is 0 Å². The minimum absolute atomic E-state index is 0.0468. The summed E-state index contributed by atoms with van der Waals surface area (Å²) < 4.78 is 18.5. The summed E-state index contributed by atoms with van der Waals surface area (Å²) >= 11 is 0. The number of carboxylic acid groups (broad SMARTS) is 1. The van der Waals surface area contributed by atoms with Crippen LogP contribution in [0, 0.1) is 5.82 Å². The van der Waals surface area contributed by atoms with Gasteiger partial charge in [-0.05, 0) is 6.07 Å². The predicted molar refractivity (Wildman–Crippen MR) is 72.1 cm³/mol. The fourth-order valence-corrected chi connectivity index (χ4v) is 2.13. The van der Waals surface area contributed by atoms with Gasteiger partial charge in [-0.1, -0.05) is 18.2 Å². The average molecular weight is 296 g/mol. The fourth-order valence-electron chi connectivity index (χ4n) is 2.13. The van der Waals surface area contributed by atoms with Gasteiger partial charge in [-0.15, -0.1) is 0 Å². The summed E-state index contributed by atoms with van der Waals surface area (Å²) in [6.45, 7) is 0.868. The molecule has 1 amide bonds. The van der Waals surface area contributed by atoms with E-state index in [2.05, 4.69) is 5.32 Å². The van der Waals surface area contributed by atoms with E-state index in [9.17, 15) is 14.0 Å². The fraction of sp³-hybridized carbons (Fsp3) is 0.429. The lowest BCUT2D eigenvalue weighted by Gasteiger charge is -2.32. The zero-order valence-electron chi connectivity index (χ0n) is 11.4. The van der Waals surface area contributed by atoms with Crippen molar-refractivity contribution >= 4 is 11.9 Å². The maximum absolute atomic E-state index is 13.4. The van der Waals surface area contributed by atoms with Crippen LogP contribution in [0.1, 0.15) is 5.56 Å². The van der Waals surface area contributed by atoms with Crippen molar-refractivity contribution in [2.75, 3.05) is 26.3 Å². The molecule has 2 rings (SSSR count). The summed E-state index contributed by atoms with van der Waals surface area (Å²) in [5.41, 5.74) is 0.391. The van der Waals surface area contributed by atoms with Crippen LogP contribution in [0.15, 0.2) is 24.3 Å². The number of carbonyl (C=O) groups excluding carboxylic acids is 1. The third kappa shape index (κ3) is 4.24. The number of hydrogen-bond donors (Lipinski definition) is 2. The molecular formula is C14H17FN2O4. The minimum atomic E-state index is -1.02. The molecule has 2 N–H and O–H groups in total. The van der Waals surface area contributed by atoms with Crippen LogP contribution in [0.25, 0.3) is 0 Å². The molecule has 1 aliphatic heterocycles. The predicted octanol–water partition coefficient (Wildman–Crippen LogP) is 0.227. The van der Waals surface area contributed by atoms with Crippen molar-refractivity contribution in [3.05, 3.63) is 35.6 Å². The van der Waals surface area contributed by atoms with E-state index in [4.69, 9.17) is 9.84 Å². The molecule has 1 aromatic carbocycles. The Labute approximate surface area is 121 Å². The first-order chi connectivity index (χ1) is 10.1. The molecule has 0 radical (unpaired) electrons. The first kappa shape index (κ1) is 15.4. The lowest BCUT2D eigenvalue weighted by Crippen LogP contribution is -2.53. The number of carbonyl (C=O) groups is 2. The van der Waals surface area contributed by atoms with E-state index in [1.54, 1.807) is 23.1 Å². The largest absolute Gasteiger partial charge is 0.480 e. The second-order valence-electron chi connectivity index (χ2n) is 4.77. The lowest BCUT2D eigenvalue weighted by atomic mass is 10.2. The molecule has 1 unspecified atom stereocenters. The van der Waals surface area contributed by atoms with Gasteiger partial charge in [0.25, 0.3) is 0 Å². The van der Waals surface area contributed by atoms with Crippen LogP contribution >= 0.6 is 0 Å². The molecule has 1 aromatic rings. The molecule has 7 heteroatoms. The lowest BCUT2D eigenvalue weighted by molar-refractivity contribution is -0.150. The van der Waals surface area contributed by atoms with Crippen LogP contribution in [0.5, 0.6) is 0 Å². The molecule has 0 aliphatic carbocycles. The summed E-state index contributed by atoms with van der Waals surface area (Å²) in [7, 11) is 0. The Hall–Kier alpha value is -1.99. The summed E-state index contributed by atoms with van der Waals surface area (Å²) in [5, 5.41) is 11.7. The number of nitrogens with one attached hydrogen (secondary N) is 1. The van der Waals surface area contributed by atoms with E-state index >= 15 is 0 Å². The van der Waals surface area contributed by atoms with Crippen molar-refractivity contribution in [3.8, 4) is 0 Å². The van der Waals surface area contributed by atoms with Crippen LogP contribution < -0.4 is 5.32 Å². The third-order valence-electron chi connectivity index (χ3n) is 3.30. The minimum Gasteiger partial charge on any atom is -0.480 e. The van der Waals surface area contributed by atoms with Crippen LogP contribution in [0.4, 0.5) is 4.39 Å². The second kappa shape index (κ2) is 7.14. The average Bonchev–Trinajstić information content (AvgIpc) is 2.47. The van der Waals surface area contributed by atoms with E-state index in [-0.39, 0.29) is 31.4 Å². The summed E-state index contributed by atoms with van der Waals surface area (Å²) in [6, 6.07) is 5.35. The van der Waals surface area contributed by atoms with Gasteiger partial charge in [0.1, 0.15) is 11.9 Å². The number of aliphatic carboxylic acids is 1. The maximum atomic E-state index is 13.4. The number of ether oxygens (including phenoxy) is 1. The van der Waals surface area contributed by atoms with Crippen molar-refractivity contribution in [3.63, 3.8) is 0 Å². The van der Waals surface area contributed by atoms with Crippen molar-refractivity contribution < 1.29 is 23.8 Å². The van der Waals surface area contributed by atoms with Crippen LogP contribution in [-0.2, 0) is 20.9 Å². The molecule has 0 saturated carbocycles. The van der Waals surface area contributed by atoms with E-state index in [1.807, 2.05) is 0 Å². The molecule has 6 nitrogen and oxygen atoms in total. The van der Waals surface area contributed by atoms with Gasteiger partial charge in [0.05, 0.1) is 19.8 Å². The van der Waals surface area contributed by atoms with E-state index in [0.717, 1.165) is 0 Å². The van der Waals surface area contributed by atoms with Gasteiger partial charge in [-0.25, -0.2) is 4.39 Å². The Morgan fingerprint density at radius 1 is 1.43 bits per heavy atom. The molecule has 0 spiro atoms. The topological polar surface area (TPSA) is 78.9 Å². The Kier molecular flexibility index (Phi) is 5.24. The molecule has 1 fully saturated rings. The highest BCUT2D eigenvalue weighted by atomic mass is 19.1. The Bertz CT molecular complexity index is 523. The highest BCUT2D eigenvalue weighted by Crippen LogP contribution is 2.08. The van der Waals surface area contributed by atoms with E-state index < -0.39 is 12.0 Å². The Balaban J connectivity index is 1.86. The van der Waals surface area contributed by atoms with Gasteiger partial charge in [-0.2, -0.15) is 0 Å². The van der Waals surface area contributed by atoms with E-state index in [0.29, 0.717) is 18.7 Å². The van der Waals surface area contributed by atoms with Gasteiger partial charge in [0, 0.05) is 18.7 Å². The molecule has 0 bridgehead atoms. The van der Waals surface area contributed by atoms with Gasteiger partial charge < -0.3 is 15.2 Å². The smallest absolute Gasteiger partial charge is 0.323 e. The first-order valence-corrected chi connectivity index (χ1v) is 6.62. The van der Waals surface area contributed by atoms with Gasteiger partial charge in [0.2, 0.25) is 5.91 Å². The van der Waals surface area contributed by atoms with E-state index in [1.165, 1.54) is 6.07 Å². The number of morpholine rings is 1. The highest BCUT2D eigenvalue weighted by molar-refractivity contribution is 5.80. The third-order valence-corrected chi connectivity index (χ3v) is 3.30. The van der Waals surface area contributed by atoms with Crippen LogP contribution in [-0.4, -0.2) is 54.2 Å². The normalized spacial score (nSPS) is 19.2. The SMILES string of the molecule is O=C(CN1CCOCC1C(=O)O)NCc1ccccc1F. The maximum Gasteiger partial charge on any atom is 0.323 e. The summed E-state index contributed by atoms with van der Waals surface area (Å²) in [4.78, 5) is 24.5. The summed E-state index contributed by atoms with van der Waals surface area (Å²) in [6.07, 6.45) is 0. The number of hydrogen-bond acceptors (Lipinski definition) is 4. The van der Waals surface area contributed by atoms with Crippen LogP contribution in [0.3, 0.4) is 0 Å². The highest BCUT2D eigenvalue weighted by Gasteiger charge is 2.30. The number of amides is 1. The Morgan fingerprint density at radius 3 is 2.90 bits per heavy atom. The molecule has 1 aliphatic rings. The number of halogens is 1. The molecule has 1 atom stereocenters. The molecule has 1 saturated heterocycles. The van der Waals surface area contributed by atoms with Crippen molar-refractivity contribution in [1.29, 1.82) is 0 Å². The zero-order chi connectivity index (χ0) is 15.2.